The molecule has 0 radical (unpaired) electrons. The molecule has 0 atom stereocenters. The van der Waals surface area contributed by atoms with E-state index in [1.807, 2.05) is 36.4 Å². The van der Waals surface area contributed by atoms with E-state index in [1.54, 1.807) is 42.3 Å². The van der Waals surface area contributed by atoms with Crippen molar-refractivity contribution in [3.8, 4) is 0 Å². The fraction of sp³-hybridized carbons (Fsp3) is 0.136. The number of furan rings is 1. The van der Waals surface area contributed by atoms with E-state index >= 15 is 0 Å². The molecule has 0 spiro atoms. The third kappa shape index (κ3) is 5.09. The SMILES string of the molecule is O=C(CNC(=O)c1ccc(CSc2nc3ccccc3[nH]2)cc1)NCc1ccco1. The number of H-pyrrole nitrogens is 1. The van der Waals surface area contributed by atoms with E-state index in [4.69, 9.17) is 4.42 Å². The number of carbonyl (C=O) groups is 2. The van der Waals surface area contributed by atoms with Crippen molar-refractivity contribution in [3.63, 3.8) is 0 Å². The predicted octanol–water partition coefficient (Wildman–Crippen LogP) is 3.49. The summed E-state index contributed by atoms with van der Waals surface area (Å²) in [6, 6.07) is 18.7. The Morgan fingerprint density at radius 2 is 1.83 bits per heavy atom. The molecular weight excluding hydrogens is 400 g/mol. The Labute approximate surface area is 177 Å². The average molecular weight is 420 g/mol. The molecule has 2 heterocycles. The predicted molar refractivity (Wildman–Crippen MR) is 115 cm³/mol. The second-order valence-electron chi connectivity index (χ2n) is 6.58. The molecular formula is C22H20N4O3S. The molecule has 0 aliphatic carbocycles. The number of nitrogens with zero attached hydrogens (tertiary/aromatic N) is 1. The van der Waals surface area contributed by atoms with Crippen molar-refractivity contribution in [1.82, 2.24) is 20.6 Å². The molecule has 0 saturated carbocycles. The van der Waals surface area contributed by atoms with Gasteiger partial charge >= 0.3 is 0 Å². The summed E-state index contributed by atoms with van der Waals surface area (Å²) in [5, 5.41) is 6.16. The number of hydrogen-bond donors (Lipinski definition) is 3. The Kier molecular flexibility index (Phi) is 6.14. The fourth-order valence-electron chi connectivity index (χ4n) is 2.83. The number of carbonyl (C=O) groups excluding carboxylic acids is 2. The minimum atomic E-state index is -0.292. The summed E-state index contributed by atoms with van der Waals surface area (Å²) < 4.78 is 5.14. The lowest BCUT2D eigenvalue weighted by molar-refractivity contribution is -0.120. The van der Waals surface area contributed by atoms with Crippen molar-refractivity contribution in [2.75, 3.05) is 6.54 Å². The second kappa shape index (κ2) is 9.32. The highest BCUT2D eigenvalue weighted by Crippen LogP contribution is 2.23. The maximum atomic E-state index is 12.2. The first-order valence-electron chi connectivity index (χ1n) is 9.41. The maximum Gasteiger partial charge on any atom is 0.251 e. The van der Waals surface area contributed by atoms with Crippen LogP contribution in [0.1, 0.15) is 21.7 Å². The molecule has 0 bridgehead atoms. The number of para-hydroxylation sites is 2. The van der Waals surface area contributed by atoms with Crippen LogP contribution in [0.2, 0.25) is 0 Å². The summed E-state index contributed by atoms with van der Waals surface area (Å²) in [5.41, 5.74) is 3.54. The van der Waals surface area contributed by atoms with Crippen molar-refractivity contribution in [2.24, 2.45) is 0 Å². The molecule has 0 unspecified atom stereocenters. The van der Waals surface area contributed by atoms with Crippen LogP contribution in [-0.2, 0) is 17.1 Å². The molecule has 0 fully saturated rings. The number of nitrogens with one attached hydrogen (secondary N) is 3. The first-order chi connectivity index (χ1) is 14.7. The molecule has 2 aromatic carbocycles. The maximum absolute atomic E-state index is 12.2. The molecule has 152 valence electrons. The highest BCUT2D eigenvalue weighted by atomic mass is 32.2. The molecule has 30 heavy (non-hydrogen) atoms. The molecule has 3 N–H and O–H groups in total. The van der Waals surface area contributed by atoms with Gasteiger partial charge in [0.1, 0.15) is 5.76 Å². The lowest BCUT2D eigenvalue weighted by atomic mass is 10.1. The molecule has 8 heteroatoms. The van der Waals surface area contributed by atoms with Crippen LogP contribution < -0.4 is 10.6 Å². The normalized spacial score (nSPS) is 10.8. The zero-order valence-corrected chi connectivity index (χ0v) is 16.9. The average Bonchev–Trinajstić information content (AvgIpc) is 3.44. The topological polar surface area (TPSA) is 100 Å². The van der Waals surface area contributed by atoms with Crippen molar-refractivity contribution >= 4 is 34.6 Å². The van der Waals surface area contributed by atoms with Gasteiger partial charge in [0.15, 0.2) is 5.16 Å². The highest BCUT2D eigenvalue weighted by molar-refractivity contribution is 7.98. The molecule has 0 aliphatic heterocycles. The van der Waals surface area contributed by atoms with Gasteiger partial charge in [-0.15, -0.1) is 0 Å². The Hall–Kier alpha value is -3.52. The summed E-state index contributed by atoms with van der Waals surface area (Å²) in [5.74, 6) is 0.820. The van der Waals surface area contributed by atoms with Gasteiger partial charge in [-0.05, 0) is 42.0 Å². The standard InChI is InChI=1S/C22H20N4O3S/c27-20(23-12-17-4-3-11-29-17)13-24-21(28)16-9-7-15(8-10-16)14-30-22-25-18-5-1-2-6-19(18)26-22/h1-11H,12-14H2,(H,23,27)(H,24,28)(H,25,26). The van der Waals surface area contributed by atoms with Crippen molar-refractivity contribution in [3.05, 3.63) is 83.8 Å². The summed E-state index contributed by atoms with van der Waals surface area (Å²) in [4.78, 5) is 31.9. The molecule has 0 aliphatic rings. The third-order valence-corrected chi connectivity index (χ3v) is 5.35. The number of thioether (sulfide) groups is 1. The van der Waals surface area contributed by atoms with Gasteiger partial charge in [0, 0.05) is 11.3 Å². The van der Waals surface area contributed by atoms with E-state index in [1.165, 1.54) is 0 Å². The van der Waals surface area contributed by atoms with Gasteiger partial charge in [-0.1, -0.05) is 36.0 Å². The Balaban J connectivity index is 1.24. The number of amides is 2. The molecule has 7 nitrogen and oxygen atoms in total. The Morgan fingerprint density at radius 1 is 1.00 bits per heavy atom. The smallest absolute Gasteiger partial charge is 0.251 e. The first kappa shape index (κ1) is 19.8. The lowest BCUT2D eigenvalue weighted by Crippen LogP contribution is -2.36. The molecule has 2 aromatic heterocycles. The zero-order valence-electron chi connectivity index (χ0n) is 16.1. The summed E-state index contributed by atoms with van der Waals surface area (Å²) in [7, 11) is 0. The van der Waals surface area contributed by atoms with E-state index in [0.717, 1.165) is 27.5 Å². The van der Waals surface area contributed by atoms with Crippen LogP contribution in [0.5, 0.6) is 0 Å². The summed E-state index contributed by atoms with van der Waals surface area (Å²) >= 11 is 1.60. The lowest BCUT2D eigenvalue weighted by Gasteiger charge is -2.07. The minimum Gasteiger partial charge on any atom is -0.467 e. The van der Waals surface area contributed by atoms with Gasteiger partial charge in [-0.25, -0.2) is 4.98 Å². The molecule has 4 rings (SSSR count). The summed E-state index contributed by atoms with van der Waals surface area (Å²) in [6.07, 6.45) is 1.54. The number of hydrogen-bond acceptors (Lipinski definition) is 5. The first-order valence-corrected chi connectivity index (χ1v) is 10.4. The molecule has 4 aromatic rings. The van der Waals surface area contributed by atoms with Gasteiger partial charge in [0.25, 0.3) is 5.91 Å². The highest BCUT2D eigenvalue weighted by Gasteiger charge is 2.09. The minimum absolute atomic E-state index is 0.0940. The van der Waals surface area contributed by atoms with Gasteiger partial charge in [0.2, 0.25) is 5.91 Å². The van der Waals surface area contributed by atoms with Crippen molar-refractivity contribution < 1.29 is 14.0 Å². The second-order valence-corrected chi connectivity index (χ2v) is 7.55. The quantitative estimate of drug-likeness (QED) is 0.379. The summed E-state index contributed by atoms with van der Waals surface area (Å²) in [6.45, 7) is 0.197. The van der Waals surface area contributed by atoms with E-state index in [-0.39, 0.29) is 18.4 Å². The van der Waals surface area contributed by atoms with E-state index in [9.17, 15) is 9.59 Å². The van der Waals surface area contributed by atoms with Gasteiger partial charge in [-0.2, -0.15) is 0 Å². The van der Waals surface area contributed by atoms with Crippen LogP contribution in [-0.4, -0.2) is 28.3 Å². The van der Waals surface area contributed by atoms with Crippen LogP contribution >= 0.6 is 11.8 Å². The van der Waals surface area contributed by atoms with Crippen molar-refractivity contribution in [1.29, 1.82) is 0 Å². The van der Waals surface area contributed by atoms with E-state index in [2.05, 4.69) is 20.6 Å². The number of fused-ring (bicyclic) bond motifs is 1. The monoisotopic (exact) mass is 420 g/mol. The molecule has 2 amide bonds. The van der Waals surface area contributed by atoms with Crippen molar-refractivity contribution in [2.45, 2.75) is 17.5 Å². The van der Waals surface area contributed by atoms with Gasteiger partial charge in [0.05, 0.1) is 30.4 Å². The Morgan fingerprint density at radius 3 is 2.60 bits per heavy atom. The number of aromatic nitrogens is 2. The number of rotatable bonds is 8. The van der Waals surface area contributed by atoms with E-state index in [0.29, 0.717) is 17.9 Å². The Bertz CT molecular complexity index is 1100. The van der Waals surface area contributed by atoms with Crippen LogP contribution in [0.15, 0.2) is 76.5 Å². The van der Waals surface area contributed by atoms with Gasteiger partial charge in [-0.3, -0.25) is 9.59 Å². The fourth-order valence-corrected chi connectivity index (χ4v) is 3.67. The largest absolute Gasteiger partial charge is 0.467 e. The molecule has 0 saturated heterocycles. The number of benzene rings is 2. The zero-order chi connectivity index (χ0) is 20.8. The third-order valence-electron chi connectivity index (χ3n) is 4.41. The number of imidazole rings is 1. The van der Waals surface area contributed by atoms with Crippen LogP contribution in [0.3, 0.4) is 0 Å². The van der Waals surface area contributed by atoms with Crippen LogP contribution in [0, 0.1) is 0 Å². The van der Waals surface area contributed by atoms with Crippen LogP contribution in [0.25, 0.3) is 11.0 Å². The number of aromatic amines is 1. The van der Waals surface area contributed by atoms with Gasteiger partial charge < -0.3 is 20.0 Å². The van der Waals surface area contributed by atoms with E-state index < -0.39 is 0 Å². The van der Waals surface area contributed by atoms with Crippen LogP contribution in [0.4, 0.5) is 0 Å².